The maximum absolute atomic E-state index is 9.58. The molecule has 7 heteroatoms. The first-order chi connectivity index (χ1) is 11.2. The molecule has 1 aliphatic heterocycles. The zero-order chi connectivity index (χ0) is 16.2. The lowest BCUT2D eigenvalue weighted by molar-refractivity contribution is 0.0647. The number of benzene rings is 1. The number of likely N-dealkylation sites (tertiary alicyclic amines) is 1. The number of rotatable bonds is 5. The lowest BCUT2D eigenvalue weighted by Gasteiger charge is -2.28. The van der Waals surface area contributed by atoms with E-state index in [1.807, 2.05) is 31.2 Å². The van der Waals surface area contributed by atoms with Crippen LogP contribution in [0, 0.1) is 4.84 Å². The molecule has 1 N–H and O–H groups in total. The van der Waals surface area contributed by atoms with Gasteiger partial charge in [-0.1, -0.05) is 12.1 Å². The van der Waals surface area contributed by atoms with E-state index >= 15 is 0 Å². The molecule has 124 valence electrons. The Morgan fingerprint density at radius 3 is 2.83 bits per heavy atom. The van der Waals surface area contributed by atoms with Crippen molar-refractivity contribution in [3.05, 3.63) is 29.1 Å². The molecule has 0 aliphatic carbocycles. The Hall–Kier alpha value is -1.70. The molecule has 0 spiro atoms. The molecule has 3 rings (SSSR count). The monoisotopic (exact) mass is 335 g/mol. The van der Waals surface area contributed by atoms with Gasteiger partial charge in [0, 0.05) is 13.1 Å². The highest BCUT2D eigenvalue weighted by molar-refractivity contribution is 7.71. The molecule has 2 aromatic rings. The van der Waals surface area contributed by atoms with Crippen molar-refractivity contribution in [2.45, 2.75) is 32.5 Å². The number of aliphatic hydroxyl groups is 1. The molecule has 1 aromatic carbocycles. The Bertz CT molecular complexity index is 705. The van der Waals surface area contributed by atoms with Crippen molar-refractivity contribution in [3.8, 4) is 17.2 Å². The van der Waals surface area contributed by atoms with Crippen LogP contribution in [-0.2, 0) is 6.67 Å². The number of nitrogens with zero attached hydrogens (tertiary/aromatic N) is 3. The Kier molecular flexibility index (Phi) is 5.09. The molecule has 1 aliphatic rings. The van der Waals surface area contributed by atoms with Gasteiger partial charge in [-0.2, -0.15) is 0 Å². The standard InChI is InChI=1S/C16H21N3O3S/c1-2-21-14-6-4-3-5-13(14)15-17-19(16(23)22-15)11-18-9-7-12(20)8-10-18/h3-6,12,20H,2,7-11H2,1H3. The maximum atomic E-state index is 9.58. The van der Waals surface area contributed by atoms with Crippen molar-refractivity contribution < 1.29 is 14.3 Å². The summed E-state index contributed by atoms with van der Waals surface area (Å²) in [5.41, 5.74) is 0.799. The number of piperidine rings is 1. The average molecular weight is 335 g/mol. The summed E-state index contributed by atoms with van der Waals surface area (Å²) in [4.78, 5) is 2.56. The minimum atomic E-state index is -0.190. The summed E-state index contributed by atoms with van der Waals surface area (Å²) >= 11 is 5.29. The Morgan fingerprint density at radius 2 is 2.09 bits per heavy atom. The molecule has 0 radical (unpaired) electrons. The lowest BCUT2D eigenvalue weighted by Crippen LogP contribution is -2.37. The SMILES string of the molecule is CCOc1ccccc1-c1nn(CN2CCC(O)CC2)c(=S)o1. The van der Waals surface area contributed by atoms with Gasteiger partial charge in [0.05, 0.1) is 24.9 Å². The van der Waals surface area contributed by atoms with E-state index in [-0.39, 0.29) is 6.10 Å². The maximum Gasteiger partial charge on any atom is 0.288 e. The van der Waals surface area contributed by atoms with Crippen molar-refractivity contribution in [2.75, 3.05) is 19.7 Å². The quantitative estimate of drug-likeness (QED) is 0.848. The van der Waals surface area contributed by atoms with E-state index < -0.39 is 0 Å². The number of hydrogen-bond donors (Lipinski definition) is 1. The highest BCUT2D eigenvalue weighted by atomic mass is 32.1. The van der Waals surface area contributed by atoms with Crippen LogP contribution in [0.2, 0.25) is 0 Å². The van der Waals surface area contributed by atoms with Gasteiger partial charge in [-0.05, 0) is 44.1 Å². The van der Waals surface area contributed by atoms with Crippen LogP contribution in [0.1, 0.15) is 19.8 Å². The summed E-state index contributed by atoms with van der Waals surface area (Å²) in [6.07, 6.45) is 1.38. The fourth-order valence-electron chi connectivity index (χ4n) is 2.68. The molecular weight excluding hydrogens is 314 g/mol. The van der Waals surface area contributed by atoms with Crippen LogP contribution in [0.25, 0.3) is 11.5 Å². The molecule has 0 saturated carbocycles. The van der Waals surface area contributed by atoms with E-state index in [4.69, 9.17) is 21.4 Å². The number of ether oxygens (including phenoxy) is 1. The average Bonchev–Trinajstić information content (AvgIpc) is 2.91. The van der Waals surface area contributed by atoms with Gasteiger partial charge in [0.2, 0.25) is 0 Å². The van der Waals surface area contributed by atoms with Gasteiger partial charge < -0.3 is 14.3 Å². The molecule has 1 fully saturated rings. The van der Waals surface area contributed by atoms with Gasteiger partial charge in [-0.3, -0.25) is 4.90 Å². The molecule has 0 amide bonds. The van der Waals surface area contributed by atoms with Crippen LogP contribution in [-0.4, -0.2) is 45.6 Å². The van der Waals surface area contributed by atoms with Crippen LogP contribution in [0.3, 0.4) is 0 Å². The molecule has 2 heterocycles. The topological polar surface area (TPSA) is 63.7 Å². The van der Waals surface area contributed by atoms with Crippen molar-refractivity contribution in [2.24, 2.45) is 0 Å². The van der Waals surface area contributed by atoms with Gasteiger partial charge in [0.1, 0.15) is 5.75 Å². The van der Waals surface area contributed by atoms with E-state index in [9.17, 15) is 5.11 Å². The zero-order valence-electron chi connectivity index (χ0n) is 13.1. The molecule has 0 unspecified atom stereocenters. The first kappa shape index (κ1) is 16.2. The molecule has 0 atom stereocenters. The van der Waals surface area contributed by atoms with Gasteiger partial charge in [0.25, 0.3) is 10.7 Å². The van der Waals surface area contributed by atoms with Crippen LogP contribution in [0.15, 0.2) is 28.7 Å². The molecular formula is C16H21N3O3S. The van der Waals surface area contributed by atoms with Crippen LogP contribution in [0.4, 0.5) is 0 Å². The van der Waals surface area contributed by atoms with Crippen molar-refractivity contribution in [3.63, 3.8) is 0 Å². The summed E-state index contributed by atoms with van der Waals surface area (Å²) in [6, 6.07) is 7.64. The predicted molar refractivity (Wildman–Crippen MR) is 88.7 cm³/mol. The van der Waals surface area contributed by atoms with E-state index in [0.29, 0.717) is 24.0 Å². The minimum absolute atomic E-state index is 0.190. The fraction of sp³-hybridized carbons (Fsp3) is 0.500. The smallest absolute Gasteiger partial charge is 0.288 e. The summed E-state index contributed by atoms with van der Waals surface area (Å²) in [5.74, 6) is 1.20. The molecule has 0 bridgehead atoms. The van der Waals surface area contributed by atoms with Gasteiger partial charge >= 0.3 is 0 Å². The van der Waals surface area contributed by atoms with Crippen molar-refractivity contribution in [1.29, 1.82) is 0 Å². The number of aliphatic hydroxyl groups excluding tert-OH is 1. The second kappa shape index (κ2) is 7.25. The highest BCUT2D eigenvalue weighted by Gasteiger charge is 2.19. The van der Waals surface area contributed by atoms with Crippen LogP contribution >= 0.6 is 12.2 Å². The Balaban J connectivity index is 1.80. The van der Waals surface area contributed by atoms with E-state index in [2.05, 4.69) is 10.00 Å². The van der Waals surface area contributed by atoms with E-state index in [1.54, 1.807) is 4.68 Å². The third-order valence-electron chi connectivity index (χ3n) is 3.91. The number of hydrogen-bond acceptors (Lipinski definition) is 6. The second-order valence-electron chi connectivity index (χ2n) is 5.59. The first-order valence-electron chi connectivity index (χ1n) is 7.88. The normalized spacial score (nSPS) is 16.6. The van der Waals surface area contributed by atoms with Gasteiger partial charge in [0.15, 0.2) is 0 Å². The first-order valence-corrected chi connectivity index (χ1v) is 8.28. The summed E-state index contributed by atoms with van der Waals surface area (Å²) in [6.45, 7) is 4.76. The highest BCUT2D eigenvalue weighted by Crippen LogP contribution is 2.28. The van der Waals surface area contributed by atoms with Gasteiger partial charge in [-0.25, -0.2) is 4.68 Å². The Morgan fingerprint density at radius 1 is 1.35 bits per heavy atom. The third kappa shape index (κ3) is 3.80. The molecule has 1 aromatic heterocycles. The van der Waals surface area contributed by atoms with Crippen molar-refractivity contribution >= 4 is 12.2 Å². The summed E-state index contributed by atoms with van der Waals surface area (Å²) in [7, 11) is 0. The van der Waals surface area contributed by atoms with E-state index in [1.165, 1.54) is 0 Å². The summed E-state index contributed by atoms with van der Waals surface area (Å²) in [5, 5.41) is 14.1. The molecule has 23 heavy (non-hydrogen) atoms. The number of para-hydroxylation sites is 1. The Labute approximate surface area is 140 Å². The minimum Gasteiger partial charge on any atom is -0.493 e. The molecule has 6 nitrogen and oxygen atoms in total. The van der Waals surface area contributed by atoms with E-state index in [0.717, 1.165) is 37.2 Å². The van der Waals surface area contributed by atoms with Crippen LogP contribution < -0.4 is 4.74 Å². The summed E-state index contributed by atoms with van der Waals surface area (Å²) < 4.78 is 13.0. The predicted octanol–water partition coefficient (Wildman–Crippen LogP) is 2.69. The third-order valence-corrected chi connectivity index (χ3v) is 4.21. The van der Waals surface area contributed by atoms with Gasteiger partial charge in [-0.15, -0.1) is 5.10 Å². The largest absolute Gasteiger partial charge is 0.493 e. The van der Waals surface area contributed by atoms with Crippen LogP contribution in [0.5, 0.6) is 5.75 Å². The van der Waals surface area contributed by atoms with Crippen molar-refractivity contribution in [1.82, 2.24) is 14.7 Å². The molecule has 1 saturated heterocycles. The second-order valence-corrected chi connectivity index (χ2v) is 5.94. The zero-order valence-corrected chi connectivity index (χ0v) is 14.0. The fourth-order valence-corrected chi connectivity index (χ4v) is 2.86. The lowest BCUT2D eigenvalue weighted by atomic mass is 10.1. The number of aromatic nitrogens is 2.